The number of tetrazole rings is 1. The van der Waals surface area contributed by atoms with Crippen LogP contribution in [0.3, 0.4) is 0 Å². The second kappa shape index (κ2) is 13.1. The van der Waals surface area contributed by atoms with E-state index in [9.17, 15) is 9.59 Å². The third-order valence-corrected chi connectivity index (χ3v) is 9.55. The summed E-state index contributed by atoms with van der Waals surface area (Å²) in [5.74, 6) is 1.60. The average molecular weight is 631 g/mol. The molecule has 0 radical (unpaired) electrons. The number of nitrogens with one attached hydrogen (secondary N) is 1. The lowest BCUT2D eigenvalue weighted by Gasteiger charge is -2.35. The summed E-state index contributed by atoms with van der Waals surface area (Å²) in [6.07, 6.45) is 2.53. The van der Waals surface area contributed by atoms with Gasteiger partial charge >= 0.3 is 0 Å². The predicted molar refractivity (Wildman–Crippen MR) is 181 cm³/mol. The molecule has 0 unspecified atom stereocenters. The Balaban J connectivity index is 1.16. The van der Waals surface area contributed by atoms with Gasteiger partial charge in [-0.25, -0.2) is 4.98 Å². The number of carbonyl (C=O) groups is 1. The molecule has 1 fully saturated rings. The first-order valence-electron chi connectivity index (χ1n) is 15.6. The number of aryl methyl sites for hydroxylation is 1. The predicted octanol–water partition coefficient (Wildman–Crippen LogP) is 5.96. The molecule has 0 saturated carbocycles. The van der Waals surface area contributed by atoms with E-state index in [0.29, 0.717) is 52.7 Å². The van der Waals surface area contributed by atoms with E-state index >= 15 is 0 Å². The van der Waals surface area contributed by atoms with E-state index in [1.54, 1.807) is 4.90 Å². The molecule has 1 saturated heterocycles. The van der Waals surface area contributed by atoms with Crippen LogP contribution in [-0.2, 0) is 19.5 Å². The molecule has 6 aromatic rings. The normalized spacial score (nSPS) is 13.7. The van der Waals surface area contributed by atoms with Crippen molar-refractivity contribution >= 4 is 39.5 Å². The molecule has 1 aliphatic rings. The van der Waals surface area contributed by atoms with Crippen LogP contribution < -0.4 is 15.4 Å². The molecule has 0 bridgehead atoms. The molecule has 232 valence electrons. The standard InChI is InChI=1S/C35H34N8O2S/c1-2-32-36-29-15-14-26(42(22-24-9-4-3-5-10-24)35(45)31-13-8-20-46-31)21-28(29)34(44)43(32)23-25-16-18-41(19-17-25)30-12-7-6-11-27(30)33-37-39-40-38-33/h3-15,20-21,25H,2,16-19,22-23H2,1H3,(H,37,38,39,40). The summed E-state index contributed by atoms with van der Waals surface area (Å²) in [6, 6.07) is 27.4. The van der Waals surface area contributed by atoms with Crippen LogP contribution in [0, 0.1) is 5.92 Å². The van der Waals surface area contributed by atoms with Gasteiger partial charge in [-0.05, 0) is 71.3 Å². The number of nitrogens with zero attached hydrogens (tertiary/aromatic N) is 7. The summed E-state index contributed by atoms with van der Waals surface area (Å²) in [4.78, 5) is 37.6. The largest absolute Gasteiger partial charge is 0.371 e. The molecule has 1 N–H and O–H groups in total. The number of amides is 1. The van der Waals surface area contributed by atoms with E-state index in [1.165, 1.54) is 11.3 Å². The third kappa shape index (κ3) is 5.93. The molecule has 3 aromatic heterocycles. The van der Waals surface area contributed by atoms with Gasteiger partial charge in [0.2, 0.25) is 5.82 Å². The molecule has 4 heterocycles. The van der Waals surface area contributed by atoms with Gasteiger partial charge in [0.05, 0.1) is 22.3 Å². The SMILES string of the molecule is CCc1nc2ccc(N(Cc3ccccc3)C(=O)c3cccs3)cc2c(=O)n1CC1CCN(c2ccccc2-c2nn[nH]n2)CC1. The van der Waals surface area contributed by atoms with Gasteiger partial charge in [0.25, 0.3) is 11.5 Å². The summed E-state index contributed by atoms with van der Waals surface area (Å²) in [7, 11) is 0. The van der Waals surface area contributed by atoms with Crippen molar-refractivity contribution < 1.29 is 4.79 Å². The molecule has 7 rings (SSSR count). The van der Waals surface area contributed by atoms with Gasteiger partial charge in [0, 0.05) is 43.0 Å². The maximum Gasteiger partial charge on any atom is 0.268 e. The monoisotopic (exact) mass is 630 g/mol. The number of rotatable bonds is 9. The van der Waals surface area contributed by atoms with Crippen molar-refractivity contribution in [3.8, 4) is 11.4 Å². The number of para-hydroxylation sites is 1. The van der Waals surface area contributed by atoms with Gasteiger partial charge in [-0.2, -0.15) is 5.21 Å². The van der Waals surface area contributed by atoms with Crippen molar-refractivity contribution in [3.05, 3.63) is 117 Å². The van der Waals surface area contributed by atoms with E-state index in [2.05, 4.69) is 31.6 Å². The minimum atomic E-state index is -0.0932. The second-order valence-corrected chi connectivity index (χ2v) is 12.5. The number of carbonyl (C=O) groups excluding carboxylic acids is 1. The maximum absolute atomic E-state index is 14.2. The smallest absolute Gasteiger partial charge is 0.268 e. The van der Waals surface area contributed by atoms with Gasteiger partial charge in [-0.1, -0.05) is 55.5 Å². The lowest BCUT2D eigenvalue weighted by atomic mass is 9.95. The Morgan fingerprint density at radius 3 is 2.54 bits per heavy atom. The highest BCUT2D eigenvalue weighted by Crippen LogP contribution is 2.32. The topological polar surface area (TPSA) is 113 Å². The molecule has 0 aliphatic carbocycles. The zero-order valence-electron chi connectivity index (χ0n) is 25.5. The van der Waals surface area contributed by atoms with Crippen LogP contribution in [0.1, 0.15) is 40.8 Å². The van der Waals surface area contributed by atoms with E-state index in [4.69, 9.17) is 4.98 Å². The Hall–Kier alpha value is -5.16. The zero-order valence-corrected chi connectivity index (χ0v) is 26.4. The van der Waals surface area contributed by atoms with E-state index < -0.39 is 0 Å². The molecular weight excluding hydrogens is 597 g/mol. The molecule has 3 aromatic carbocycles. The number of aromatic nitrogens is 6. The fraction of sp³-hybridized carbons (Fsp3) is 0.257. The van der Waals surface area contributed by atoms with Gasteiger partial charge in [-0.3, -0.25) is 14.2 Å². The second-order valence-electron chi connectivity index (χ2n) is 11.5. The van der Waals surface area contributed by atoms with Crippen LogP contribution in [0.15, 0.2) is 95.1 Å². The number of H-pyrrole nitrogens is 1. The van der Waals surface area contributed by atoms with Crippen molar-refractivity contribution in [2.75, 3.05) is 22.9 Å². The maximum atomic E-state index is 14.2. The first-order valence-corrected chi connectivity index (χ1v) is 16.5. The van der Waals surface area contributed by atoms with E-state index in [-0.39, 0.29) is 11.5 Å². The van der Waals surface area contributed by atoms with Crippen molar-refractivity contribution in [2.24, 2.45) is 5.92 Å². The van der Waals surface area contributed by atoms with Gasteiger partial charge < -0.3 is 9.80 Å². The summed E-state index contributed by atoms with van der Waals surface area (Å²) < 4.78 is 1.86. The third-order valence-electron chi connectivity index (χ3n) is 8.69. The molecule has 11 heteroatoms. The lowest BCUT2D eigenvalue weighted by molar-refractivity contribution is 0.0989. The zero-order chi connectivity index (χ0) is 31.5. The summed E-state index contributed by atoms with van der Waals surface area (Å²) in [6.45, 7) is 4.76. The molecule has 0 atom stereocenters. The molecule has 1 aliphatic heterocycles. The molecule has 0 spiro atoms. The number of anilines is 2. The Morgan fingerprint density at radius 2 is 1.80 bits per heavy atom. The van der Waals surface area contributed by atoms with Gasteiger partial charge in [0.15, 0.2) is 0 Å². The molecule has 46 heavy (non-hydrogen) atoms. The van der Waals surface area contributed by atoms with Crippen LogP contribution in [0.5, 0.6) is 0 Å². The fourth-order valence-corrected chi connectivity index (χ4v) is 6.96. The van der Waals surface area contributed by atoms with Crippen LogP contribution in [0.2, 0.25) is 0 Å². The number of piperidine rings is 1. The minimum Gasteiger partial charge on any atom is -0.371 e. The first-order chi connectivity index (χ1) is 22.6. The number of hydrogen-bond acceptors (Lipinski definition) is 8. The number of aromatic amines is 1. The Bertz CT molecular complexity index is 2000. The van der Waals surface area contributed by atoms with Crippen LogP contribution in [0.25, 0.3) is 22.3 Å². The molecule has 1 amide bonds. The quantitative estimate of drug-likeness (QED) is 0.210. The minimum absolute atomic E-state index is 0.0585. The lowest BCUT2D eigenvalue weighted by Crippen LogP contribution is -2.37. The first kappa shape index (κ1) is 29.5. The van der Waals surface area contributed by atoms with Crippen molar-refractivity contribution in [3.63, 3.8) is 0 Å². The fourth-order valence-electron chi connectivity index (χ4n) is 6.29. The molecule has 10 nitrogen and oxygen atoms in total. The molecular formula is C35H34N8O2S. The number of fused-ring (bicyclic) bond motifs is 1. The van der Waals surface area contributed by atoms with Gasteiger partial charge in [0.1, 0.15) is 5.82 Å². The van der Waals surface area contributed by atoms with Crippen LogP contribution >= 0.6 is 11.3 Å². The van der Waals surface area contributed by atoms with E-state index in [1.807, 2.05) is 95.7 Å². The van der Waals surface area contributed by atoms with E-state index in [0.717, 1.165) is 48.6 Å². The Morgan fingerprint density at radius 1 is 1.00 bits per heavy atom. The highest BCUT2D eigenvalue weighted by Gasteiger charge is 2.25. The Kier molecular flexibility index (Phi) is 8.39. The van der Waals surface area contributed by atoms with Crippen molar-refractivity contribution in [2.45, 2.75) is 39.3 Å². The average Bonchev–Trinajstić information content (AvgIpc) is 3.85. The van der Waals surface area contributed by atoms with Crippen LogP contribution in [0.4, 0.5) is 11.4 Å². The van der Waals surface area contributed by atoms with Crippen molar-refractivity contribution in [1.29, 1.82) is 0 Å². The highest BCUT2D eigenvalue weighted by atomic mass is 32.1. The number of hydrogen-bond donors (Lipinski definition) is 1. The van der Waals surface area contributed by atoms with Gasteiger partial charge in [-0.15, -0.1) is 21.5 Å². The number of benzene rings is 3. The number of thiophene rings is 1. The Labute approximate surface area is 270 Å². The summed E-state index contributed by atoms with van der Waals surface area (Å²) in [5, 5.41) is 17.1. The summed E-state index contributed by atoms with van der Waals surface area (Å²) in [5.41, 5.74) is 4.32. The van der Waals surface area contributed by atoms with Crippen molar-refractivity contribution in [1.82, 2.24) is 30.2 Å². The van der Waals surface area contributed by atoms with Crippen LogP contribution in [-0.4, -0.2) is 49.2 Å². The highest BCUT2D eigenvalue weighted by molar-refractivity contribution is 7.12. The summed E-state index contributed by atoms with van der Waals surface area (Å²) >= 11 is 1.41.